The molecule has 1 rings (SSSR count). The number of carboxylic acid groups (broad SMARTS) is 1. The van der Waals surface area contributed by atoms with Crippen molar-refractivity contribution < 1.29 is 23.8 Å². The minimum atomic E-state index is -1.22. The highest BCUT2D eigenvalue weighted by molar-refractivity contribution is 9.10. The van der Waals surface area contributed by atoms with Crippen molar-refractivity contribution in [2.45, 2.75) is 13.0 Å². The molecular formula is C11H11BrFNO4. The SMILES string of the molecule is CC(=O)NC(COc1cc(F)ccc1Br)C(=O)O. The molecule has 0 aromatic heterocycles. The van der Waals surface area contributed by atoms with Crippen LogP contribution < -0.4 is 10.1 Å². The van der Waals surface area contributed by atoms with E-state index in [-0.39, 0.29) is 12.4 Å². The van der Waals surface area contributed by atoms with Gasteiger partial charge in [0, 0.05) is 13.0 Å². The first-order valence-electron chi connectivity index (χ1n) is 4.98. The van der Waals surface area contributed by atoms with Gasteiger partial charge < -0.3 is 15.2 Å². The van der Waals surface area contributed by atoms with Gasteiger partial charge in [0.2, 0.25) is 5.91 Å². The molecule has 0 bridgehead atoms. The molecule has 7 heteroatoms. The van der Waals surface area contributed by atoms with Gasteiger partial charge in [-0.2, -0.15) is 0 Å². The fourth-order valence-corrected chi connectivity index (χ4v) is 1.54. The molecule has 0 aliphatic carbocycles. The number of halogens is 2. The lowest BCUT2D eigenvalue weighted by molar-refractivity contribution is -0.142. The van der Waals surface area contributed by atoms with Gasteiger partial charge in [0.15, 0.2) is 6.04 Å². The Kier molecular flexibility index (Phi) is 5.08. The zero-order valence-electron chi connectivity index (χ0n) is 9.44. The molecule has 1 aromatic rings. The van der Waals surface area contributed by atoms with Gasteiger partial charge in [0.1, 0.15) is 18.2 Å². The van der Waals surface area contributed by atoms with Crippen LogP contribution in [0.25, 0.3) is 0 Å². The summed E-state index contributed by atoms with van der Waals surface area (Å²) in [5.41, 5.74) is 0. The molecule has 1 aromatic carbocycles. The lowest BCUT2D eigenvalue weighted by atomic mass is 10.3. The van der Waals surface area contributed by atoms with E-state index in [1.165, 1.54) is 19.1 Å². The minimum Gasteiger partial charge on any atom is -0.490 e. The van der Waals surface area contributed by atoms with Crippen LogP contribution in [0.3, 0.4) is 0 Å². The monoisotopic (exact) mass is 319 g/mol. The highest BCUT2D eigenvalue weighted by Gasteiger charge is 2.19. The average Bonchev–Trinajstić information content (AvgIpc) is 2.27. The molecule has 18 heavy (non-hydrogen) atoms. The molecule has 0 aliphatic heterocycles. The predicted molar refractivity (Wildman–Crippen MR) is 64.8 cm³/mol. The maximum absolute atomic E-state index is 13.0. The molecule has 0 aliphatic rings. The van der Waals surface area contributed by atoms with E-state index in [1.807, 2.05) is 0 Å². The van der Waals surface area contributed by atoms with Crippen LogP contribution in [-0.4, -0.2) is 29.6 Å². The predicted octanol–water partition coefficient (Wildman–Crippen LogP) is 1.56. The van der Waals surface area contributed by atoms with Gasteiger partial charge >= 0.3 is 5.97 Å². The third-order valence-electron chi connectivity index (χ3n) is 1.97. The number of amides is 1. The molecule has 0 saturated heterocycles. The van der Waals surface area contributed by atoms with E-state index in [2.05, 4.69) is 21.2 Å². The van der Waals surface area contributed by atoms with Crippen molar-refractivity contribution in [2.24, 2.45) is 0 Å². The molecule has 0 fully saturated rings. The molecule has 5 nitrogen and oxygen atoms in total. The Morgan fingerprint density at radius 2 is 2.22 bits per heavy atom. The van der Waals surface area contributed by atoms with Crippen LogP contribution in [0, 0.1) is 5.82 Å². The minimum absolute atomic E-state index is 0.173. The van der Waals surface area contributed by atoms with E-state index in [0.29, 0.717) is 4.47 Å². The Morgan fingerprint density at radius 3 is 2.78 bits per heavy atom. The maximum atomic E-state index is 13.0. The summed E-state index contributed by atoms with van der Waals surface area (Å²) >= 11 is 3.14. The van der Waals surface area contributed by atoms with E-state index in [9.17, 15) is 14.0 Å². The first-order chi connectivity index (χ1) is 8.40. The number of rotatable bonds is 5. The van der Waals surface area contributed by atoms with Crippen LogP contribution in [0.2, 0.25) is 0 Å². The van der Waals surface area contributed by atoms with Crippen molar-refractivity contribution in [3.05, 3.63) is 28.5 Å². The van der Waals surface area contributed by atoms with Gasteiger partial charge in [-0.25, -0.2) is 9.18 Å². The van der Waals surface area contributed by atoms with Gasteiger partial charge in [-0.05, 0) is 28.1 Å². The summed E-state index contributed by atoms with van der Waals surface area (Å²) in [6, 6.07) is 2.62. The molecule has 98 valence electrons. The molecule has 2 N–H and O–H groups in total. The van der Waals surface area contributed by atoms with Crippen LogP contribution in [0.1, 0.15) is 6.92 Å². The summed E-state index contributed by atoms with van der Waals surface area (Å²) in [6.07, 6.45) is 0. The number of ether oxygens (including phenoxy) is 1. The van der Waals surface area contributed by atoms with Crippen molar-refractivity contribution in [1.82, 2.24) is 5.32 Å². The lowest BCUT2D eigenvalue weighted by Crippen LogP contribution is -2.43. The molecule has 1 atom stereocenters. The Balaban J connectivity index is 2.69. The zero-order valence-corrected chi connectivity index (χ0v) is 11.0. The zero-order chi connectivity index (χ0) is 13.7. The van der Waals surface area contributed by atoms with Crippen molar-refractivity contribution in [3.8, 4) is 5.75 Å². The first-order valence-corrected chi connectivity index (χ1v) is 5.77. The van der Waals surface area contributed by atoms with Crippen LogP contribution in [0.4, 0.5) is 4.39 Å². The third-order valence-corrected chi connectivity index (χ3v) is 2.63. The summed E-state index contributed by atoms with van der Waals surface area (Å²) in [4.78, 5) is 21.6. The lowest BCUT2D eigenvalue weighted by Gasteiger charge is -2.15. The molecule has 1 unspecified atom stereocenters. The first kappa shape index (κ1) is 14.4. The van der Waals surface area contributed by atoms with Gasteiger partial charge in [-0.3, -0.25) is 4.79 Å². The van der Waals surface area contributed by atoms with Gasteiger partial charge in [-0.1, -0.05) is 0 Å². The van der Waals surface area contributed by atoms with E-state index in [1.54, 1.807) is 0 Å². The second-order valence-electron chi connectivity index (χ2n) is 3.48. The van der Waals surface area contributed by atoms with Gasteiger partial charge in [0.25, 0.3) is 0 Å². The summed E-state index contributed by atoms with van der Waals surface area (Å²) in [7, 11) is 0. The largest absolute Gasteiger partial charge is 0.490 e. The molecule has 1 amide bonds. The summed E-state index contributed by atoms with van der Waals surface area (Å²) in [6.45, 7) is 0.908. The number of carboxylic acids is 1. The number of carbonyl (C=O) groups is 2. The fourth-order valence-electron chi connectivity index (χ4n) is 1.18. The van der Waals surface area contributed by atoms with E-state index < -0.39 is 23.7 Å². The normalized spacial score (nSPS) is 11.7. The van der Waals surface area contributed by atoms with Crippen molar-refractivity contribution >= 4 is 27.8 Å². The number of nitrogens with one attached hydrogen (secondary N) is 1. The smallest absolute Gasteiger partial charge is 0.329 e. The average molecular weight is 320 g/mol. The van der Waals surface area contributed by atoms with E-state index >= 15 is 0 Å². The van der Waals surface area contributed by atoms with Gasteiger partial charge in [-0.15, -0.1) is 0 Å². The Labute approximate surface area is 111 Å². The standard InChI is InChI=1S/C11H11BrFNO4/c1-6(15)14-9(11(16)17)5-18-10-4-7(13)2-3-8(10)12/h2-4,9H,5H2,1H3,(H,14,15)(H,16,17). The highest BCUT2D eigenvalue weighted by atomic mass is 79.9. The Morgan fingerprint density at radius 1 is 1.56 bits per heavy atom. The quantitative estimate of drug-likeness (QED) is 0.863. The molecule has 0 heterocycles. The summed E-state index contributed by atoms with van der Waals surface area (Å²) < 4.78 is 18.6. The maximum Gasteiger partial charge on any atom is 0.329 e. The summed E-state index contributed by atoms with van der Waals surface area (Å²) in [5.74, 6) is -2.03. The van der Waals surface area contributed by atoms with Crippen LogP contribution in [0.5, 0.6) is 5.75 Å². The molecule has 0 saturated carbocycles. The number of aliphatic carboxylic acids is 1. The molecule has 0 spiro atoms. The van der Waals surface area contributed by atoms with Gasteiger partial charge in [0.05, 0.1) is 4.47 Å². The molecule has 0 radical (unpaired) electrons. The summed E-state index contributed by atoms with van der Waals surface area (Å²) in [5, 5.41) is 11.1. The van der Waals surface area contributed by atoms with E-state index in [4.69, 9.17) is 9.84 Å². The highest BCUT2D eigenvalue weighted by Crippen LogP contribution is 2.25. The topological polar surface area (TPSA) is 75.6 Å². The number of benzene rings is 1. The fraction of sp³-hybridized carbons (Fsp3) is 0.273. The number of carbonyl (C=O) groups excluding carboxylic acids is 1. The molecular weight excluding hydrogens is 309 g/mol. The van der Waals surface area contributed by atoms with Crippen LogP contribution >= 0.6 is 15.9 Å². The van der Waals surface area contributed by atoms with Crippen molar-refractivity contribution in [1.29, 1.82) is 0 Å². The second kappa shape index (κ2) is 6.34. The third kappa shape index (κ3) is 4.33. The van der Waals surface area contributed by atoms with Crippen molar-refractivity contribution in [3.63, 3.8) is 0 Å². The van der Waals surface area contributed by atoms with E-state index in [0.717, 1.165) is 6.07 Å². The number of hydrogen-bond donors (Lipinski definition) is 2. The Bertz CT molecular complexity index is 466. The number of hydrogen-bond acceptors (Lipinski definition) is 3. The second-order valence-corrected chi connectivity index (χ2v) is 4.33. The van der Waals surface area contributed by atoms with Crippen LogP contribution in [0.15, 0.2) is 22.7 Å². The Hall–Kier alpha value is -1.63. The van der Waals surface area contributed by atoms with Crippen molar-refractivity contribution in [2.75, 3.05) is 6.61 Å². The van der Waals surface area contributed by atoms with Crippen LogP contribution in [-0.2, 0) is 9.59 Å².